The first-order valence-electron chi connectivity index (χ1n) is 7.63. The maximum Gasteiger partial charge on any atom is 0.125 e. The molecule has 0 bridgehead atoms. The quantitative estimate of drug-likeness (QED) is 0.696. The summed E-state index contributed by atoms with van der Waals surface area (Å²) in [7, 11) is 0. The molecule has 0 fully saturated rings. The van der Waals surface area contributed by atoms with E-state index in [1.54, 1.807) is 11.3 Å². The molecule has 0 saturated heterocycles. The van der Waals surface area contributed by atoms with E-state index >= 15 is 0 Å². The summed E-state index contributed by atoms with van der Waals surface area (Å²) in [5.41, 5.74) is 10.9. The van der Waals surface area contributed by atoms with E-state index in [1.807, 2.05) is 24.3 Å². The molecule has 0 spiro atoms. The van der Waals surface area contributed by atoms with Gasteiger partial charge in [-0.25, -0.2) is 4.98 Å². The minimum absolute atomic E-state index is 0.639. The lowest BCUT2D eigenvalue weighted by Crippen LogP contribution is -2.03. The van der Waals surface area contributed by atoms with Crippen molar-refractivity contribution < 1.29 is 4.74 Å². The van der Waals surface area contributed by atoms with Crippen LogP contribution in [-0.2, 0) is 6.42 Å². The maximum atomic E-state index is 5.95. The van der Waals surface area contributed by atoms with Crippen LogP contribution in [0.5, 0.6) is 5.75 Å². The van der Waals surface area contributed by atoms with Gasteiger partial charge in [-0.05, 0) is 37.1 Å². The van der Waals surface area contributed by atoms with E-state index in [9.17, 15) is 0 Å². The number of nitrogens with zero attached hydrogens (tertiary/aromatic N) is 1. The molecule has 2 N–H and O–H groups in total. The summed E-state index contributed by atoms with van der Waals surface area (Å²) in [6.45, 7) is 4.79. The van der Waals surface area contributed by atoms with Crippen molar-refractivity contribution in [1.29, 1.82) is 0 Å². The second-order valence-electron chi connectivity index (χ2n) is 5.57. The van der Waals surface area contributed by atoms with Crippen molar-refractivity contribution in [2.45, 2.75) is 20.3 Å². The van der Waals surface area contributed by atoms with E-state index in [0.717, 1.165) is 34.1 Å². The van der Waals surface area contributed by atoms with Crippen molar-refractivity contribution in [3.05, 3.63) is 64.0 Å². The molecule has 1 aromatic heterocycles. The van der Waals surface area contributed by atoms with E-state index < -0.39 is 0 Å². The molecule has 0 aliphatic rings. The lowest BCUT2D eigenvalue weighted by atomic mass is 10.1. The van der Waals surface area contributed by atoms with Crippen molar-refractivity contribution >= 4 is 17.0 Å². The summed E-state index contributed by atoms with van der Waals surface area (Å²) in [6.07, 6.45) is 0.813. The average Bonchev–Trinajstić information content (AvgIpc) is 3.00. The summed E-state index contributed by atoms with van der Waals surface area (Å²) in [6, 6.07) is 14.0. The molecule has 0 amide bonds. The third kappa shape index (κ3) is 3.71. The monoisotopic (exact) mass is 324 g/mol. The Balaban J connectivity index is 1.62. The third-order valence-corrected chi connectivity index (χ3v) is 4.64. The molecule has 0 radical (unpaired) electrons. The van der Waals surface area contributed by atoms with Crippen LogP contribution in [0.4, 0.5) is 5.69 Å². The van der Waals surface area contributed by atoms with Gasteiger partial charge in [0, 0.05) is 23.1 Å². The SMILES string of the molecule is Cc1cccc(C)c1OCCc1nc(-c2ccc(N)cc2)cs1. The molecule has 4 heteroatoms. The number of para-hydroxylation sites is 1. The molecule has 23 heavy (non-hydrogen) atoms. The summed E-state index contributed by atoms with van der Waals surface area (Å²) >= 11 is 1.67. The zero-order valence-electron chi connectivity index (χ0n) is 13.4. The van der Waals surface area contributed by atoms with Gasteiger partial charge in [-0.1, -0.05) is 30.3 Å². The number of rotatable bonds is 5. The van der Waals surface area contributed by atoms with E-state index in [4.69, 9.17) is 10.5 Å². The van der Waals surface area contributed by atoms with Crippen molar-refractivity contribution in [3.8, 4) is 17.0 Å². The number of benzene rings is 2. The first kappa shape index (κ1) is 15.6. The summed E-state index contributed by atoms with van der Waals surface area (Å²) < 4.78 is 5.95. The molecule has 0 saturated carbocycles. The number of nitrogen functional groups attached to an aromatic ring is 1. The third-order valence-electron chi connectivity index (χ3n) is 3.73. The molecule has 0 unspecified atom stereocenters. The van der Waals surface area contributed by atoms with Crippen LogP contribution in [0.2, 0.25) is 0 Å². The van der Waals surface area contributed by atoms with Gasteiger partial charge in [0.25, 0.3) is 0 Å². The predicted molar refractivity (Wildman–Crippen MR) is 97.1 cm³/mol. The van der Waals surface area contributed by atoms with Crippen LogP contribution in [0.3, 0.4) is 0 Å². The summed E-state index contributed by atoms with van der Waals surface area (Å²) in [4.78, 5) is 4.68. The van der Waals surface area contributed by atoms with E-state index in [1.165, 1.54) is 11.1 Å². The Morgan fingerprint density at radius 2 is 1.74 bits per heavy atom. The molecule has 1 heterocycles. The van der Waals surface area contributed by atoms with Gasteiger partial charge in [0.05, 0.1) is 17.3 Å². The standard InChI is InChI=1S/C19H20N2OS/c1-13-4-3-5-14(2)19(13)22-11-10-18-21-17(12-23-18)15-6-8-16(20)9-7-15/h3-9,12H,10-11,20H2,1-2H3. The Morgan fingerprint density at radius 1 is 1.04 bits per heavy atom. The predicted octanol–water partition coefficient (Wildman–Crippen LogP) is 4.63. The zero-order valence-corrected chi connectivity index (χ0v) is 14.2. The van der Waals surface area contributed by atoms with Crippen molar-refractivity contribution in [3.63, 3.8) is 0 Å². The average molecular weight is 324 g/mol. The topological polar surface area (TPSA) is 48.1 Å². The Hall–Kier alpha value is -2.33. The number of anilines is 1. The molecular weight excluding hydrogens is 304 g/mol. The minimum Gasteiger partial charge on any atom is -0.493 e. The smallest absolute Gasteiger partial charge is 0.125 e. The van der Waals surface area contributed by atoms with Gasteiger partial charge < -0.3 is 10.5 Å². The lowest BCUT2D eigenvalue weighted by molar-refractivity contribution is 0.317. The van der Waals surface area contributed by atoms with Crippen LogP contribution in [-0.4, -0.2) is 11.6 Å². The molecule has 0 atom stereocenters. The Bertz CT molecular complexity index is 773. The maximum absolute atomic E-state index is 5.95. The molecular formula is C19H20N2OS. The fraction of sp³-hybridized carbons (Fsp3) is 0.211. The lowest BCUT2D eigenvalue weighted by Gasteiger charge is -2.11. The van der Waals surface area contributed by atoms with Gasteiger partial charge in [0.2, 0.25) is 0 Å². The van der Waals surface area contributed by atoms with Gasteiger partial charge in [-0.2, -0.15) is 0 Å². The number of aromatic nitrogens is 1. The molecule has 2 aromatic carbocycles. The highest BCUT2D eigenvalue weighted by molar-refractivity contribution is 7.09. The number of thiazole rings is 1. The second kappa shape index (κ2) is 6.84. The zero-order chi connectivity index (χ0) is 16.2. The molecule has 118 valence electrons. The van der Waals surface area contributed by atoms with Gasteiger partial charge in [-0.3, -0.25) is 0 Å². The van der Waals surface area contributed by atoms with Crippen LogP contribution in [0, 0.1) is 13.8 Å². The number of hydrogen-bond acceptors (Lipinski definition) is 4. The van der Waals surface area contributed by atoms with E-state index in [2.05, 4.69) is 42.4 Å². The van der Waals surface area contributed by atoms with E-state index in [-0.39, 0.29) is 0 Å². The van der Waals surface area contributed by atoms with Crippen LogP contribution >= 0.6 is 11.3 Å². The van der Waals surface area contributed by atoms with Crippen LogP contribution in [0.15, 0.2) is 47.8 Å². The Kier molecular flexibility index (Phi) is 4.63. The molecule has 3 rings (SSSR count). The van der Waals surface area contributed by atoms with Crippen LogP contribution in [0.1, 0.15) is 16.1 Å². The fourth-order valence-corrected chi connectivity index (χ4v) is 3.27. The molecule has 3 aromatic rings. The number of ether oxygens (including phenoxy) is 1. The number of aryl methyl sites for hydroxylation is 2. The Morgan fingerprint density at radius 3 is 2.43 bits per heavy atom. The summed E-state index contributed by atoms with van der Waals surface area (Å²) in [5.74, 6) is 0.989. The Labute approximate surface area is 140 Å². The highest BCUT2D eigenvalue weighted by Gasteiger charge is 2.07. The highest BCUT2D eigenvalue weighted by Crippen LogP contribution is 2.25. The van der Waals surface area contributed by atoms with Crippen LogP contribution < -0.4 is 10.5 Å². The molecule has 3 nitrogen and oxygen atoms in total. The van der Waals surface area contributed by atoms with Gasteiger partial charge in [0.1, 0.15) is 5.75 Å². The largest absolute Gasteiger partial charge is 0.493 e. The first-order valence-corrected chi connectivity index (χ1v) is 8.51. The molecule has 0 aliphatic heterocycles. The van der Waals surface area contributed by atoms with Crippen molar-refractivity contribution in [2.75, 3.05) is 12.3 Å². The van der Waals surface area contributed by atoms with Gasteiger partial charge in [0.15, 0.2) is 0 Å². The second-order valence-corrected chi connectivity index (χ2v) is 6.51. The molecule has 0 aliphatic carbocycles. The first-order chi connectivity index (χ1) is 11.1. The highest BCUT2D eigenvalue weighted by atomic mass is 32.1. The minimum atomic E-state index is 0.639. The van der Waals surface area contributed by atoms with Crippen molar-refractivity contribution in [1.82, 2.24) is 4.98 Å². The van der Waals surface area contributed by atoms with Gasteiger partial charge in [-0.15, -0.1) is 11.3 Å². The van der Waals surface area contributed by atoms with Crippen LogP contribution in [0.25, 0.3) is 11.3 Å². The van der Waals surface area contributed by atoms with E-state index in [0.29, 0.717) is 6.61 Å². The fourth-order valence-electron chi connectivity index (χ4n) is 2.48. The number of hydrogen-bond donors (Lipinski definition) is 1. The van der Waals surface area contributed by atoms with Crippen molar-refractivity contribution in [2.24, 2.45) is 0 Å². The number of nitrogens with two attached hydrogens (primary N) is 1. The summed E-state index contributed by atoms with van der Waals surface area (Å²) in [5, 5.41) is 3.17. The normalized spacial score (nSPS) is 10.7. The van der Waals surface area contributed by atoms with Gasteiger partial charge >= 0.3 is 0 Å².